The fourth-order valence-corrected chi connectivity index (χ4v) is 1.72. The summed E-state index contributed by atoms with van der Waals surface area (Å²) >= 11 is 0. The van der Waals surface area contributed by atoms with E-state index in [1.807, 2.05) is 51.1 Å². The van der Waals surface area contributed by atoms with Crippen LogP contribution in [-0.2, 0) is 9.47 Å². The molecule has 17 heavy (non-hydrogen) atoms. The Morgan fingerprint density at radius 2 is 1.82 bits per heavy atom. The highest BCUT2D eigenvalue weighted by Crippen LogP contribution is 2.21. The molecular formula is C14H23NO2. The summed E-state index contributed by atoms with van der Waals surface area (Å²) in [5, 5.41) is 0. The highest BCUT2D eigenvalue weighted by Gasteiger charge is 2.19. The lowest BCUT2D eigenvalue weighted by atomic mass is 10.0. The molecule has 1 aromatic carbocycles. The average molecular weight is 237 g/mol. The van der Waals surface area contributed by atoms with Crippen molar-refractivity contribution in [2.45, 2.75) is 39.0 Å². The van der Waals surface area contributed by atoms with E-state index in [4.69, 9.17) is 15.2 Å². The van der Waals surface area contributed by atoms with Crippen LogP contribution in [0.15, 0.2) is 30.3 Å². The van der Waals surface area contributed by atoms with Gasteiger partial charge in [0.05, 0.1) is 18.8 Å². The molecule has 0 fully saturated rings. The molecule has 0 aromatic heterocycles. The first-order chi connectivity index (χ1) is 8.15. The van der Waals surface area contributed by atoms with Gasteiger partial charge in [0, 0.05) is 12.6 Å². The van der Waals surface area contributed by atoms with Gasteiger partial charge in [-0.05, 0) is 26.3 Å². The molecule has 0 aliphatic carbocycles. The van der Waals surface area contributed by atoms with E-state index in [-0.39, 0.29) is 18.2 Å². The second kappa shape index (κ2) is 7.43. The van der Waals surface area contributed by atoms with Crippen molar-refractivity contribution < 1.29 is 9.47 Å². The van der Waals surface area contributed by atoms with Crippen LogP contribution in [0.2, 0.25) is 0 Å². The maximum atomic E-state index is 5.98. The van der Waals surface area contributed by atoms with Gasteiger partial charge < -0.3 is 15.2 Å². The lowest BCUT2D eigenvalue weighted by Gasteiger charge is -2.25. The first-order valence-electron chi connectivity index (χ1n) is 6.18. The molecule has 3 nitrogen and oxygen atoms in total. The molecule has 96 valence electrons. The summed E-state index contributed by atoms with van der Waals surface area (Å²) in [6.07, 6.45) is -0.0298. The monoisotopic (exact) mass is 237 g/mol. The van der Waals surface area contributed by atoms with Crippen molar-refractivity contribution in [1.82, 2.24) is 0 Å². The minimum atomic E-state index is -0.0772. The number of hydrogen-bond acceptors (Lipinski definition) is 3. The van der Waals surface area contributed by atoms with Crippen molar-refractivity contribution in [2.75, 3.05) is 13.2 Å². The minimum Gasteiger partial charge on any atom is -0.379 e. The Morgan fingerprint density at radius 1 is 1.18 bits per heavy atom. The summed E-state index contributed by atoms with van der Waals surface area (Å²) in [6, 6.07) is 10.0. The van der Waals surface area contributed by atoms with Gasteiger partial charge in [0.1, 0.15) is 0 Å². The van der Waals surface area contributed by atoms with Crippen LogP contribution in [0, 0.1) is 0 Å². The highest BCUT2D eigenvalue weighted by atomic mass is 16.5. The number of hydrogen-bond donors (Lipinski definition) is 1. The van der Waals surface area contributed by atoms with Crippen molar-refractivity contribution in [2.24, 2.45) is 5.73 Å². The van der Waals surface area contributed by atoms with Crippen molar-refractivity contribution in [3.8, 4) is 0 Å². The molecule has 0 saturated heterocycles. The summed E-state index contributed by atoms with van der Waals surface area (Å²) in [6.45, 7) is 7.26. The van der Waals surface area contributed by atoms with Crippen molar-refractivity contribution in [3.05, 3.63) is 35.9 Å². The summed E-state index contributed by atoms with van der Waals surface area (Å²) < 4.78 is 11.3. The molecule has 0 spiro atoms. The van der Waals surface area contributed by atoms with E-state index >= 15 is 0 Å². The van der Waals surface area contributed by atoms with Gasteiger partial charge in [0.15, 0.2) is 0 Å². The van der Waals surface area contributed by atoms with Crippen LogP contribution in [0.5, 0.6) is 0 Å². The standard InChI is InChI=1S/C14H23NO2/c1-4-16-10-11(2)17-14(12(3)15)13-8-6-5-7-9-13/h5-9,11-12,14H,4,10,15H2,1-3H3. The van der Waals surface area contributed by atoms with Gasteiger partial charge in [-0.3, -0.25) is 0 Å². The maximum absolute atomic E-state index is 5.98. The summed E-state index contributed by atoms with van der Waals surface area (Å²) in [5.41, 5.74) is 7.10. The van der Waals surface area contributed by atoms with E-state index in [1.54, 1.807) is 0 Å². The molecule has 3 atom stereocenters. The van der Waals surface area contributed by atoms with Gasteiger partial charge in [-0.1, -0.05) is 30.3 Å². The normalized spacial score (nSPS) is 16.5. The Kier molecular flexibility index (Phi) is 6.19. The fraction of sp³-hybridized carbons (Fsp3) is 0.571. The predicted octanol–water partition coefficient (Wildman–Crippen LogP) is 2.52. The van der Waals surface area contributed by atoms with E-state index in [9.17, 15) is 0 Å². The third-order valence-electron chi connectivity index (χ3n) is 2.54. The van der Waals surface area contributed by atoms with Crippen molar-refractivity contribution in [3.63, 3.8) is 0 Å². The first kappa shape index (κ1) is 14.2. The zero-order chi connectivity index (χ0) is 12.7. The number of benzene rings is 1. The predicted molar refractivity (Wildman–Crippen MR) is 69.9 cm³/mol. The fourth-order valence-electron chi connectivity index (χ4n) is 1.72. The Bertz CT molecular complexity index is 300. The zero-order valence-electron chi connectivity index (χ0n) is 10.9. The average Bonchev–Trinajstić information content (AvgIpc) is 2.34. The van der Waals surface area contributed by atoms with Gasteiger partial charge >= 0.3 is 0 Å². The van der Waals surface area contributed by atoms with Crippen molar-refractivity contribution >= 4 is 0 Å². The topological polar surface area (TPSA) is 44.5 Å². The molecule has 0 heterocycles. The third-order valence-corrected chi connectivity index (χ3v) is 2.54. The molecule has 1 aromatic rings. The van der Waals surface area contributed by atoms with Crippen LogP contribution in [-0.4, -0.2) is 25.4 Å². The molecule has 2 N–H and O–H groups in total. The Hall–Kier alpha value is -0.900. The van der Waals surface area contributed by atoms with E-state index in [1.165, 1.54) is 0 Å². The summed E-state index contributed by atoms with van der Waals surface area (Å²) in [4.78, 5) is 0. The van der Waals surface area contributed by atoms with Crippen LogP contribution < -0.4 is 5.73 Å². The molecule has 0 radical (unpaired) electrons. The van der Waals surface area contributed by atoms with Crippen molar-refractivity contribution in [1.29, 1.82) is 0 Å². The quantitative estimate of drug-likeness (QED) is 0.792. The number of ether oxygens (including phenoxy) is 2. The molecule has 0 aliphatic heterocycles. The zero-order valence-corrected chi connectivity index (χ0v) is 10.9. The van der Waals surface area contributed by atoms with Crippen LogP contribution >= 0.6 is 0 Å². The molecule has 0 saturated carbocycles. The van der Waals surface area contributed by atoms with Crippen LogP contribution in [0.3, 0.4) is 0 Å². The first-order valence-corrected chi connectivity index (χ1v) is 6.18. The molecule has 0 bridgehead atoms. The van der Waals surface area contributed by atoms with E-state index in [2.05, 4.69) is 0 Å². The van der Waals surface area contributed by atoms with Crippen LogP contribution in [0.1, 0.15) is 32.4 Å². The smallest absolute Gasteiger partial charge is 0.0977 e. The largest absolute Gasteiger partial charge is 0.379 e. The minimum absolute atomic E-state index is 0.0403. The van der Waals surface area contributed by atoms with E-state index < -0.39 is 0 Å². The lowest BCUT2D eigenvalue weighted by Crippen LogP contribution is -2.31. The van der Waals surface area contributed by atoms with Gasteiger partial charge in [0.2, 0.25) is 0 Å². The van der Waals surface area contributed by atoms with Gasteiger partial charge in [-0.25, -0.2) is 0 Å². The molecule has 1 rings (SSSR count). The number of rotatable bonds is 7. The number of nitrogens with two attached hydrogens (primary N) is 1. The maximum Gasteiger partial charge on any atom is 0.0977 e. The van der Waals surface area contributed by atoms with Gasteiger partial charge in [-0.15, -0.1) is 0 Å². The SMILES string of the molecule is CCOCC(C)OC(c1ccccc1)C(C)N. The molecule has 0 aliphatic rings. The molecule has 3 unspecified atom stereocenters. The van der Waals surface area contributed by atoms with E-state index in [0.29, 0.717) is 13.2 Å². The Labute approximate surface area is 104 Å². The lowest BCUT2D eigenvalue weighted by molar-refractivity contribution is -0.0550. The van der Waals surface area contributed by atoms with E-state index in [0.717, 1.165) is 5.56 Å². The van der Waals surface area contributed by atoms with Crippen LogP contribution in [0.25, 0.3) is 0 Å². The summed E-state index contributed by atoms with van der Waals surface area (Å²) in [5.74, 6) is 0. The molecular weight excluding hydrogens is 214 g/mol. The Morgan fingerprint density at radius 3 is 2.35 bits per heavy atom. The Balaban J connectivity index is 2.61. The van der Waals surface area contributed by atoms with Crippen LogP contribution in [0.4, 0.5) is 0 Å². The molecule has 0 amide bonds. The van der Waals surface area contributed by atoms with Gasteiger partial charge in [-0.2, -0.15) is 0 Å². The molecule has 3 heteroatoms. The third kappa shape index (κ3) is 4.86. The van der Waals surface area contributed by atoms with Gasteiger partial charge in [0.25, 0.3) is 0 Å². The highest BCUT2D eigenvalue weighted by molar-refractivity contribution is 5.18. The second-order valence-electron chi connectivity index (χ2n) is 4.30. The second-order valence-corrected chi connectivity index (χ2v) is 4.30. The summed E-state index contributed by atoms with van der Waals surface area (Å²) in [7, 11) is 0.